The Balaban J connectivity index is 1.56. The third-order valence-corrected chi connectivity index (χ3v) is 4.71. The number of hydrogen-bond acceptors (Lipinski definition) is 2. The summed E-state index contributed by atoms with van der Waals surface area (Å²) in [5, 5.41) is 3.05. The van der Waals surface area contributed by atoms with Crippen molar-refractivity contribution in [1.29, 1.82) is 0 Å². The zero-order valence-corrected chi connectivity index (χ0v) is 15.5. The molecule has 1 saturated heterocycles. The van der Waals surface area contributed by atoms with Crippen LogP contribution in [-0.4, -0.2) is 52.5 Å². The second-order valence-electron chi connectivity index (χ2n) is 5.74. The molecule has 1 aliphatic heterocycles. The number of nitrogens with one attached hydrogen (secondary N) is 1. The van der Waals surface area contributed by atoms with E-state index in [-0.39, 0.29) is 0 Å². The van der Waals surface area contributed by atoms with E-state index >= 15 is 0 Å². The van der Waals surface area contributed by atoms with Gasteiger partial charge in [0.2, 0.25) is 0 Å². The van der Waals surface area contributed by atoms with Crippen molar-refractivity contribution >= 4 is 27.5 Å². The Hall–Kier alpha value is -0.330. The number of nitrogens with two attached hydrogens (primary N) is 1. The predicted octanol–water partition coefficient (Wildman–Crippen LogP) is 0.658. The van der Waals surface area contributed by atoms with Gasteiger partial charge in [0.15, 0.2) is 5.75 Å². The van der Waals surface area contributed by atoms with Crippen LogP contribution >= 0.6 is 27.5 Å². The summed E-state index contributed by atoms with van der Waals surface area (Å²) in [4.78, 5) is 1.66. The summed E-state index contributed by atoms with van der Waals surface area (Å²) in [5.74, 6) is 0.755. The molecule has 3 N–H and O–H groups in total. The number of quaternary nitrogens is 2. The third-order valence-electron chi connectivity index (χ3n) is 3.84. The fourth-order valence-corrected chi connectivity index (χ4v) is 3.72. The lowest BCUT2D eigenvalue weighted by atomic mass is 10.2. The van der Waals surface area contributed by atoms with E-state index in [1.807, 2.05) is 19.1 Å². The van der Waals surface area contributed by atoms with E-state index in [2.05, 4.69) is 21.2 Å². The summed E-state index contributed by atoms with van der Waals surface area (Å²) >= 11 is 9.71. The predicted molar refractivity (Wildman–Crippen MR) is 92.0 cm³/mol. The Labute approximate surface area is 146 Å². The molecule has 1 aromatic rings. The minimum Gasteiger partial charge on any atom is -0.491 e. The summed E-state index contributed by atoms with van der Waals surface area (Å²) in [7, 11) is 0. The molecule has 1 aromatic carbocycles. The Morgan fingerprint density at radius 3 is 2.82 bits per heavy atom. The maximum atomic E-state index is 6.21. The van der Waals surface area contributed by atoms with Crippen LogP contribution in [0.2, 0.25) is 5.02 Å². The van der Waals surface area contributed by atoms with Crippen molar-refractivity contribution in [3.63, 3.8) is 0 Å². The molecular weight excluding hydrogens is 368 g/mol. The van der Waals surface area contributed by atoms with Gasteiger partial charge in [0.05, 0.1) is 35.9 Å². The second-order valence-corrected chi connectivity index (χ2v) is 7.00. The summed E-state index contributed by atoms with van der Waals surface area (Å²) in [6.45, 7) is 10.3. The number of aryl methyl sites for hydroxylation is 1. The van der Waals surface area contributed by atoms with E-state index in [0.717, 1.165) is 55.1 Å². The van der Waals surface area contributed by atoms with E-state index in [9.17, 15) is 0 Å². The standard InChI is InChI=1S/C16H24BrClN2O2/c1-13-11-14(17)16(15(18)12-13)22-8-2-3-19-4-5-20-6-9-21-10-7-20/h11-12,19H,2-10H2,1H3/p+2. The van der Waals surface area contributed by atoms with Gasteiger partial charge >= 0.3 is 0 Å². The Bertz CT molecular complexity index is 444. The molecular formula is C16H26BrClN2O2+2. The van der Waals surface area contributed by atoms with Crippen molar-refractivity contribution in [3.05, 3.63) is 27.2 Å². The Morgan fingerprint density at radius 2 is 2.09 bits per heavy atom. The topological polar surface area (TPSA) is 39.5 Å². The maximum Gasteiger partial charge on any atom is 0.152 e. The highest BCUT2D eigenvalue weighted by atomic mass is 79.9. The van der Waals surface area contributed by atoms with Crippen molar-refractivity contribution in [2.24, 2.45) is 0 Å². The van der Waals surface area contributed by atoms with Crippen LogP contribution in [0.25, 0.3) is 0 Å². The number of halogens is 2. The molecule has 0 saturated carbocycles. The van der Waals surface area contributed by atoms with Crippen LogP contribution in [0.4, 0.5) is 0 Å². The minimum absolute atomic E-state index is 0.673. The lowest BCUT2D eigenvalue weighted by Gasteiger charge is -2.22. The van der Waals surface area contributed by atoms with Crippen molar-refractivity contribution in [2.45, 2.75) is 13.3 Å². The summed E-state index contributed by atoms with van der Waals surface area (Å²) < 4.78 is 12.1. The average molecular weight is 394 g/mol. The van der Waals surface area contributed by atoms with Gasteiger partial charge in [0, 0.05) is 6.42 Å². The molecule has 1 aliphatic rings. The lowest BCUT2D eigenvalue weighted by Crippen LogP contribution is -3.16. The zero-order chi connectivity index (χ0) is 15.8. The molecule has 124 valence electrons. The smallest absolute Gasteiger partial charge is 0.152 e. The molecule has 4 nitrogen and oxygen atoms in total. The molecule has 0 radical (unpaired) electrons. The first-order chi connectivity index (χ1) is 10.7. The molecule has 0 atom stereocenters. The minimum atomic E-state index is 0.673. The van der Waals surface area contributed by atoms with E-state index in [1.54, 1.807) is 4.90 Å². The van der Waals surface area contributed by atoms with E-state index in [4.69, 9.17) is 21.1 Å². The van der Waals surface area contributed by atoms with Crippen LogP contribution in [-0.2, 0) is 4.74 Å². The highest BCUT2D eigenvalue weighted by molar-refractivity contribution is 9.10. The SMILES string of the molecule is Cc1cc(Cl)c(OCCC[NH2+]CC[NH+]2CCOCC2)c(Br)c1. The van der Waals surface area contributed by atoms with Crippen LogP contribution in [0, 0.1) is 6.92 Å². The van der Waals surface area contributed by atoms with Crippen molar-refractivity contribution in [2.75, 3.05) is 52.5 Å². The number of benzene rings is 1. The first-order valence-corrected chi connectivity index (χ1v) is 9.15. The van der Waals surface area contributed by atoms with E-state index in [0.29, 0.717) is 11.6 Å². The zero-order valence-electron chi connectivity index (χ0n) is 13.2. The van der Waals surface area contributed by atoms with Crippen LogP contribution in [0.1, 0.15) is 12.0 Å². The molecule has 0 unspecified atom stereocenters. The fraction of sp³-hybridized carbons (Fsp3) is 0.625. The lowest BCUT2D eigenvalue weighted by molar-refractivity contribution is -0.919. The van der Waals surface area contributed by atoms with Gasteiger partial charge in [0.1, 0.15) is 26.2 Å². The summed E-state index contributed by atoms with van der Waals surface area (Å²) in [6.07, 6.45) is 1.02. The highest BCUT2D eigenvalue weighted by Crippen LogP contribution is 2.34. The first kappa shape index (κ1) is 18.0. The largest absolute Gasteiger partial charge is 0.491 e. The van der Waals surface area contributed by atoms with Crippen molar-refractivity contribution < 1.29 is 19.7 Å². The van der Waals surface area contributed by atoms with Gasteiger partial charge in [-0.05, 0) is 40.5 Å². The number of rotatable bonds is 8. The molecule has 0 aliphatic carbocycles. The maximum absolute atomic E-state index is 6.21. The van der Waals surface area contributed by atoms with Gasteiger partial charge in [-0.15, -0.1) is 0 Å². The molecule has 0 spiro atoms. The van der Waals surface area contributed by atoms with Crippen LogP contribution in [0.15, 0.2) is 16.6 Å². The average Bonchev–Trinajstić information content (AvgIpc) is 2.49. The number of hydrogen-bond donors (Lipinski definition) is 2. The van der Waals surface area contributed by atoms with Gasteiger partial charge < -0.3 is 19.7 Å². The quantitative estimate of drug-likeness (QED) is 0.637. The van der Waals surface area contributed by atoms with Gasteiger partial charge in [-0.3, -0.25) is 0 Å². The second kappa shape index (κ2) is 9.73. The molecule has 1 fully saturated rings. The van der Waals surface area contributed by atoms with Gasteiger partial charge in [-0.2, -0.15) is 0 Å². The van der Waals surface area contributed by atoms with Crippen LogP contribution < -0.4 is 15.0 Å². The van der Waals surface area contributed by atoms with Crippen molar-refractivity contribution in [1.82, 2.24) is 0 Å². The monoisotopic (exact) mass is 392 g/mol. The molecule has 0 bridgehead atoms. The Kier molecular flexibility index (Phi) is 7.97. The van der Waals surface area contributed by atoms with Crippen LogP contribution in [0.5, 0.6) is 5.75 Å². The Morgan fingerprint density at radius 1 is 1.32 bits per heavy atom. The molecule has 22 heavy (non-hydrogen) atoms. The van der Waals surface area contributed by atoms with Gasteiger partial charge in [-0.25, -0.2) is 0 Å². The number of morpholine rings is 1. The van der Waals surface area contributed by atoms with E-state index in [1.165, 1.54) is 13.1 Å². The van der Waals surface area contributed by atoms with Gasteiger partial charge in [0.25, 0.3) is 0 Å². The number of ether oxygens (including phenoxy) is 2. The van der Waals surface area contributed by atoms with Crippen molar-refractivity contribution in [3.8, 4) is 5.75 Å². The van der Waals surface area contributed by atoms with E-state index < -0.39 is 0 Å². The highest BCUT2D eigenvalue weighted by Gasteiger charge is 2.13. The molecule has 0 amide bonds. The van der Waals surface area contributed by atoms with Crippen LogP contribution in [0.3, 0.4) is 0 Å². The normalized spacial score (nSPS) is 16.0. The molecule has 2 rings (SSSR count). The summed E-state index contributed by atoms with van der Waals surface area (Å²) in [6, 6.07) is 3.96. The van der Waals surface area contributed by atoms with Gasteiger partial charge in [-0.1, -0.05) is 11.6 Å². The summed E-state index contributed by atoms with van der Waals surface area (Å²) in [5.41, 5.74) is 1.13. The first-order valence-electron chi connectivity index (χ1n) is 7.98. The fourth-order valence-electron chi connectivity index (χ4n) is 2.59. The molecule has 0 aromatic heterocycles. The molecule has 1 heterocycles. The molecule has 6 heteroatoms. The third kappa shape index (κ3) is 6.05.